The van der Waals surface area contributed by atoms with Crippen molar-refractivity contribution in [3.8, 4) is 0 Å². The van der Waals surface area contributed by atoms with E-state index in [1.54, 1.807) is 4.90 Å². The zero-order chi connectivity index (χ0) is 14.6. The van der Waals surface area contributed by atoms with Crippen molar-refractivity contribution in [2.24, 2.45) is 0 Å². The average molecular weight is 299 g/mol. The van der Waals surface area contributed by atoms with Crippen molar-refractivity contribution in [3.05, 3.63) is 0 Å². The van der Waals surface area contributed by atoms with Gasteiger partial charge in [0.25, 0.3) is 5.17 Å². The van der Waals surface area contributed by atoms with Crippen molar-refractivity contribution in [2.45, 2.75) is 77.6 Å². The Bertz CT molecular complexity index is 294. The predicted octanol–water partition coefficient (Wildman–Crippen LogP) is 4.44. The SMILES string of the molecule is CCCCCCCCCCCC(=O)N1CCCOC1=S. The predicted molar refractivity (Wildman–Crippen MR) is 86.7 cm³/mol. The van der Waals surface area contributed by atoms with Crippen LogP contribution in [-0.2, 0) is 9.53 Å². The summed E-state index contributed by atoms with van der Waals surface area (Å²) < 4.78 is 5.24. The van der Waals surface area contributed by atoms with Gasteiger partial charge in [-0.25, -0.2) is 0 Å². The first-order chi connectivity index (χ1) is 9.75. The Kier molecular flexibility index (Phi) is 9.63. The zero-order valence-electron chi connectivity index (χ0n) is 12.9. The van der Waals surface area contributed by atoms with Crippen molar-refractivity contribution in [1.29, 1.82) is 0 Å². The van der Waals surface area contributed by atoms with E-state index in [1.807, 2.05) is 0 Å². The maximum absolute atomic E-state index is 12.0. The highest BCUT2D eigenvalue weighted by molar-refractivity contribution is 7.80. The molecule has 0 aromatic carbocycles. The summed E-state index contributed by atoms with van der Waals surface area (Å²) in [5.41, 5.74) is 0. The van der Waals surface area contributed by atoms with Crippen LogP contribution in [-0.4, -0.2) is 29.1 Å². The minimum absolute atomic E-state index is 0.137. The Labute approximate surface area is 129 Å². The first-order valence-corrected chi connectivity index (χ1v) is 8.63. The fourth-order valence-corrected chi connectivity index (χ4v) is 2.78. The van der Waals surface area contributed by atoms with Gasteiger partial charge in [0, 0.05) is 13.0 Å². The van der Waals surface area contributed by atoms with Gasteiger partial charge in [-0.05, 0) is 25.1 Å². The lowest BCUT2D eigenvalue weighted by atomic mass is 10.1. The van der Waals surface area contributed by atoms with Gasteiger partial charge < -0.3 is 4.74 Å². The number of nitrogens with zero attached hydrogens (tertiary/aromatic N) is 1. The molecule has 0 saturated carbocycles. The van der Waals surface area contributed by atoms with Crippen LogP contribution in [0.4, 0.5) is 0 Å². The molecule has 0 spiro atoms. The standard InChI is InChI=1S/C16H29NO2S/c1-2-3-4-5-6-7-8-9-10-12-15(18)17-13-11-14-19-16(17)20/h2-14H2,1H3. The Morgan fingerprint density at radius 1 is 1.10 bits per heavy atom. The summed E-state index contributed by atoms with van der Waals surface area (Å²) in [5, 5.41) is 0.372. The second kappa shape index (κ2) is 11.1. The molecule has 0 atom stereocenters. The second-order valence-electron chi connectivity index (χ2n) is 5.59. The summed E-state index contributed by atoms with van der Waals surface area (Å²) in [4.78, 5) is 13.6. The molecule has 1 heterocycles. The number of hydrogen-bond donors (Lipinski definition) is 0. The molecule has 1 aliphatic heterocycles. The van der Waals surface area contributed by atoms with Crippen LogP contribution < -0.4 is 0 Å². The van der Waals surface area contributed by atoms with Gasteiger partial charge in [-0.15, -0.1) is 0 Å². The highest BCUT2D eigenvalue weighted by atomic mass is 32.1. The lowest BCUT2D eigenvalue weighted by Crippen LogP contribution is -2.41. The normalized spacial score (nSPS) is 15.2. The third-order valence-electron chi connectivity index (χ3n) is 3.77. The Hall–Kier alpha value is -0.640. The van der Waals surface area contributed by atoms with E-state index in [0.717, 1.165) is 25.8 Å². The first kappa shape index (κ1) is 17.4. The summed E-state index contributed by atoms with van der Waals surface area (Å²) in [5.74, 6) is 0.137. The van der Waals surface area contributed by atoms with Gasteiger partial charge in [0.15, 0.2) is 0 Å². The van der Waals surface area contributed by atoms with E-state index in [9.17, 15) is 4.79 Å². The molecule has 0 bridgehead atoms. The lowest BCUT2D eigenvalue weighted by molar-refractivity contribution is -0.129. The summed E-state index contributed by atoms with van der Waals surface area (Å²) in [6.07, 6.45) is 13.0. The molecule has 0 aliphatic carbocycles. The summed E-state index contributed by atoms with van der Waals surface area (Å²) in [7, 11) is 0. The fraction of sp³-hybridized carbons (Fsp3) is 0.875. The molecule has 1 aliphatic rings. The van der Waals surface area contributed by atoms with Crippen molar-refractivity contribution < 1.29 is 9.53 Å². The minimum atomic E-state index is 0.137. The Balaban J connectivity index is 1.95. The van der Waals surface area contributed by atoms with Crippen LogP contribution in [0.3, 0.4) is 0 Å². The second-order valence-corrected chi connectivity index (χ2v) is 5.94. The first-order valence-electron chi connectivity index (χ1n) is 8.23. The van der Waals surface area contributed by atoms with E-state index in [-0.39, 0.29) is 5.91 Å². The van der Waals surface area contributed by atoms with Gasteiger partial charge in [0.05, 0.1) is 6.61 Å². The van der Waals surface area contributed by atoms with Crippen LogP contribution in [0.2, 0.25) is 0 Å². The van der Waals surface area contributed by atoms with E-state index >= 15 is 0 Å². The topological polar surface area (TPSA) is 29.5 Å². The maximum Gasteiger partial charge on any atom is 0.266 e. The van der Waals surface area contributed by atoms with Gasteiger partial charge in [-0.1, -0.05) is 58.3 Å². The summed E-state index contributed by atoms with van der Waals surface area (Å²) >= 11 is 5.06. The molecule has 0 radical (unpaired) electrons. The largest absolute Gasteiger partial charge is 0.471 e. The lowest BCUT2D eigenvalue weighted by Gasteiger charge is -2.27. The van der Waals surface area contributed by atoms with E-state index in [4.69, 9.17) is 17.0 Å². The molecule has 20 heavy (non-hydrogen) atoms. The van der Waals surface area contributed by atoms with Crippen molar-refractivity contribution in [2.75, 3.05) is 13.2 Å². The van der Waals surface area contributed by atoms with E-state index in [0.29, 0.717) is 18.2 Å². The maximum atomic E-state index is 12.0. The molecule has 4 heteroatoms. The van der Waals surface area contributed by atoms with Gasteiger partial charge in [-0.3, -0.25) is 9.69 Å². The number of hydrogen-bond acceptors (Lipinski definition) is 3. The van der Waals surface area contributed by atoms with E-state index < -0.39 is 0 Å². The number of amides is 1. The van der Waals surface area contributed by atoms with Crippen molar-refractivity contribution >= 4 is 23.3 Å². The molecular weight excluding hydrogens is 270 g/mol. The molecule has 1 fully saturated rings. The van der Waals surface area contributed by atoms with Crippen LogP contribution in [0.5, 0.6) is 0 Å². The quantitative estimate of drug-likeness (QED) is 0.441. The number of rotatable bonds is 10. The monoisotopic (exact) mass is 299 g/mol. The van der Waals surface area contributed by atoms with E-state index in [2.05, 4.69) is 6.92 Å². The fourth-order valence-electron chi connectivity index (χ4n) is 2.50. The van der Waals surface area contributed by atoms with Crippen LogP contribution in [0, 0.1) is 0 Å². The molecule has 0 aromatic rings. The van der Waals surface area contributed by atoms with Gasteiger partial charge >= 0.3 is 0 Å². The summed E-state index contributed by atoms with van der Waals surface area (Å²) in [6, 6.07) is 0. The van der Waals surface area contributed by atoms with Crippen molar-refractivity contribution in [3.63, 3.8) is 0 Å². The van der Waals surface area contributed by atoms with Crippen LogP contribution in [0.25, 0.3) is 0 Å². The third-order valence-corrected chi connectivity index (χ3v) is 4.11. The van der Waals surface area contributed by atoms with Gasteiger partial charge in [0.1, 0.15) is 0 Å². The molecule has 1 rings (SSSR count). The highest BCUT2D eigenvalue weighted by Crippen LogP contribution is 2.13. The molecule has 0 N–H and O–H groups in total. The number of ether oxygens (including phenoxy) is 1. The number of unbranched alkanes of at least 4 members (excludes halogenated alkanes) is 8. The Morgan fingerprint density at radius 2 is 1.70 bits per heavy atom. The zero-order valence-corrected chi connectivity index (χ0v) is 13.7. The smallest absolute Gasteiger partial charge is 0.266 e. The molecular formula is C16H29NO2S. The van der Waals surface area contributed by atoms with Crippen LogP contribution >= 0.6 is 12.2 Å². The Morgan fingerprint density at radius 3 is 2.30 bits per heavy atom. The van der Waals surface area contributed by atoms with Crippen LogP contribution in [0.15, 0.2) is 0 Å². The molecule has 0 unspecified atom stereocenters. The van der Waals surface area contributed by atoms with Gasteiger partial charge in [-0.2, -0.15) is 0 Å². The molecule has 116 valence electrons. The average Bonchev–Trinajstić information content (AvgIpc) is 2.46. The number of carbonyl (C=O) groups excluding carboxylic acids is 1. The third kappa shape index (κ3) is 7.22. The molecule has 0 aromatic heterocycles. The molecule has 1 saturated heterocycles. The van der Waals surface area contributed by atoms with Crippen molar-refractivity contribution in [1.82, 2.24) is 4.90 Å². The number of thiocarbonyl (C=S) groups is 1. The summed E-state index contributed by atoms with van der Waals surface area (Å²) in [6.45, 7) is 3.63. The highest BCUT2D eigenvalue weighted by Gasteiger charge is 2.21. The van der Waals surface area contributed by atoms with E-state index in [1.165, 1.54) is 44.9 Å². The number of carbonyl (C=O) groups is 1. The molecule has 1 amide bonds. The van der Waals surface area contributed by atoms with Gasteiger partial charge in [0.2, 0.25) is 5.91 Å². The molecule has 3 nitrogen and oxygen atoms in total. The minimum Gasteiger partial charge on any atom is -0.471 e. The van der Waals surface area contributed by atoms with Crippen LogP contribution in [0.1, 0.15) is 77.6 Å².